The number of sulfonamides is 1. The van der Waals surface area contributed by atoms with Crippen LogP contribution in [0.1, 0.15) is 33.6 Å². The lowest BCUT2D eigenvalue weighted by atomic mass is 10.0. The molecular weight excluding hydrogens is 482 g/mol. The van der Waals surface area contributed by atoms with Crippen LogP contribution in [-0.2, 0) is 10.0 Å². The molecule has 32 heavy (non-hydrogen) atoms. The van der Waals surface area contributed by atoms with Crippen LogP contribution in [-0.4, -0.2) is 41.9 Å². The second-order valence-electron chi connectivity index (χ2n) is 7.19. The minimum atomic E-state index is -3.87. The molecule has 3 aromatic rings. The van der Waals surface area contributed by atoms with E-state index in [-0.39, 0.29) is 27.4 Å². The van der Waals surface area contributed by atoms with Crippen LogP contribution >= 0.6 is 22.9 Å². The van der Waals surface area contributed by atoms with Crippen LogP contribution in [0.2, 0.25) is 5.02 Å². The molecule has 1 aliphatic rings. The van der Waals surface area contributed by atoms with Gasteiger partial charge in [-0.1, -0.05) is 29.0 Å². The number of rotatable bonds is 5. The molecule has 2 aromatic carbocycles. The summed E-state index contributed by atoms with van der Waals surface area (Å²) in [6.07, 6.45) is 1.26. The van der Waals surface area contributed by atoms with E-state index in [2.05, 4.69) is 15.5 Å². The summed E-state index contributed by atoms with van der Waals surface area (Å²) in [4.78, 5) is 12.3. The summed E-state index contributed by atoms with van der Waals surface area (Å²) in [5, 5.41) is 10.9. The van der Waals surface area contributed by atoms with Gasteiger partial charge in [-0.25, -0.2) is 17.2 Å². The summed E-state index contributed by atoms with van der Waals surface area (Å²) in [5.41, 5.74) is 0.291. The van der Waals surface area contributed by atoms with Crippen LogP contribution < -0.4 is 5.32 Å². The highest BCUT2D eigenvalue weighted by atomic mass is 35.5. The van der Waals surface area contributed by atoms with Crippen LogP contribution in [0.25, 0.3) is 0 Å². The Morgan fingerprint density at radius 1 is 1.19 bits per heavy atom. The first kappa shape index (κ1) is 22.7. The summed E-state index contributed by atoms with van der Waals surface area (Å²) < 4.78 is 54.0. The number of carbonyl (C=O) groups excluding carboxylic acids is 1. The second kappa shape index (κ2) is 9.18. The Hall–Kier alpha value is -2.47. The topological polar surface area (TPSA) is 92.3 Å². The number of halogens is 3. The van der Waals surface area contributed by atoms with Gasteiger partial charge in [-0.2, -0.15) is 4.31 Å². The fraction of sp³-hybridized carbons (Fsp3) is 0.250. The molecule has 0 saturated carbocycles. The number of hydrogen-bond acceptors (Lipinski definition) is 6. The zero-order valence-electron chi connectivity index (χ0n) is 16.5. The third-order valence-electron chi connectivity index (χ3n) is 4.98. The predicted octanol–water partition coefficient (Wildman–Crippen LogP) is 4.29. The van der Waals surface area contributed by atoms with Crippen LogP contribution in [0.5, 0.6) is 0 Å². The van der Waals surface area contributed by atoms with Gasteiger partial charge in [0.1, 0.15) is 16.6 Å². The van der Waals surface area contributed by atoms with Crippen molar-refractivity contribution in [3.8, 4) is 0 Å². The number of hydrogen-bond donors (Lipinski definition) is 1. The maximum absolute atomic E-state index is 13.4. The SMILES string of the molecule is O=C(Nc1cccc(F)c1)c1nnc(C2CCCN(S(=O)(=O)c3ccc(F)c(Cl)c3)C2)s1. The molecule has 1 fully saturated rings. The van der Waals surface area contributed by atoms with Crippen molar-refractivity contribution in [2.24, 2.45) is 0 Å². The lowest BCUT2D eigenvalue weighted by Crippen LogP contribution is -2.39. The van der Waals surface area contributed by atoms with Crippen LogP contribution in [0, 0.1) is 11.6 Å². The van der Waals surface area contributed by atoms with Gasteiger partial charge in [0.25, 0.3) is 5.91 Å². The highest BCUT2D eigenvalue weighted by Crippen LogP contribution is 2.32. The number of anilines is 1. The Kier molecular flexibility index (Phi) is 6.52. The van der Waals surface area contributed by atoms with Crippen molar-refractivity contribution in [2.45, 2.75) is 23.7 Å². The van der Waals surface area contributed by atoms with E-state index in [0.29, 0.717) is 30.1 Å². The number of nitrogens with one attached hydrogen (secondary N) is 1. The average molecular weight is 499 g/mol. The van der Waals surface area contributed by atoms with E-state index in [4.69, 9.17) is 11.6 Å². The van der Waals surface area contributed by atoms with E-state index >= 15 is 0 Å². The Bertz CT molecular complexity index is 1270. The van der Waals surface area contributed by atoms with Gasteiger partial charge < -0.3 is 5.32 Å². The molecule has 0 spiro atoms. The summed E-state index contributed by atoms with van der Waals surface area (Å²) in [7, 11) is -3.87. The zero-order chi connectivity index (χ0) is 22.9. The van der Waals surface area contributed by atoms with Crippen molar-refractivity contribution < 1.29 is 22.0 Å². The van der Waals surface area contributed by atoms with Crippen molar-refractivity contribution in [1.29, 1.82) is 0 Å². The van der Waals surface area contributed by atoms with Gasteiger partial charge in [0.15, 0.2) is 0 Å². The second-order valence-corrected chi connectivity index (χ2v) is 10.5. The normalized spacial score (nSPS) is 17.3. The molecule has 1 amide bonds. The number of nitrogens with zero attached hydrogens (tertiary/aromatic N) is 3. The number of carbonyl (C=O) groups is 1. The van der Waals surface area contributed by atoms with E-state index in [9.17, 15) is 22.0 Å². The van der Waals surface area contributed by atoms with Crippen molar-refractivity contribution in [3.63, 3.8) is 0 Å². The van der Waals surface area contributed by atoms with Crippen LogP contribution in [0.3, 0.4) is 0 Å². The highest BCUT2D eigenvalue weighted by Gasteiger charge is 2.33. The Morgan fingerprint density at radius 2 is 2.00 bits per heavy atom. The zero-order valence-corrected chi connectivity index (χ0v) is 18.9. The minimum absolute atomic E-state index is 0.0861. The Balaban J connectivity index is 1.48. The lowest BCUT2D eigenvalue weighted by Gasteiger charge is -2.30. The van der Waals surface area contributed by atoms with E-state index in [1.165, 1.54) is 28.6 Å². The molecule has 1 atom stereocenters. The Labute approximate surface area is 192 Å². The molecule has 7 nitrogen and oxygen atoms in total. The molecule has 0 aliphatic carbocycles. The lowest BCUT2D eigenvalue weighted by molar-refractivity contribution is 0.102. The standard InChI is InChI=1S/C20H17ClF2N4O3S2/c21-16-10-15(6-7-17(16)23)32(29,30)27-8-2-3-12(11-27)19-25-26-20(31-19)18(28)24-14-5-1-4-13(22)9-14/h1,4-7,9-10,12H,2-3,8,11H2,(H,24,28). The number of benzene rings is 2. The van der Waals surface area contributed by atoms with Crippen molar-refractivity contribution >= 4 is 44.6 Å². The predicted molar refractivity (Wildman–Crippen MR) is 116 cm³/mol. The molecule has 4 rings (SSSR count). The molecule has 2 heterocycles. The maximum Gasteiger partial charge on any atom is 0.286 e. The van der Waals surface area contributed by atoms with Crippen molar-refractivity contribution in [2.75, 3.05) is 18.4 Å². The third-order valence-corrected chi connectivity index (χ3v) is 8.21. The first-order chi connectivity index (χ1) is 15.2. The van der Waals surface area contributed by atoms with Gasteiger partial charge >= 0.3 is 0 Å². The van der Waals surface area contributed by atoms with E-state index in [0.717, 1.165) is 23.5 Å². The van der Waals surface area contributed by atoms with Gasteiger partial charge in [0.05, 0.1) is 9.92 Å². The summed E-state index contributed by atoms with van der Waals surface area (Å²) in [6, 6.07) is 8.77. The van der Waals surface area contributed by atoms with Gasteiger partial charge in [0.2, 0.25) is 15.0 Å². The van der Waals surface area contributed by atoms with Crippen molar-refractivity contribution in [3.05, 3.63) is 69.1 Å². The molecule has 1 aliphatic heterocycles. The van der Waals surface area contributed by atoms with Gasteiger partial charge in [-0.3, -0.25) is 4.79 Å². The first-order valence-electron chi connectivity index (χ1n) is 9.59. The summed E-state index contributed by atoms with van der Waals surface area (Å²) in [5.74, 6) is -1.95. The molecule has 0 radical (unpaired) electrons. The summed E-state index contributed by atoms with van der Waals surface area (Å²) >= 11 is 6.81. The van der Waals surface area contributed by atoms with E-state index in [1.807, 2.05) is 0 Å². The first-order valence-corrected chi connectivity index (χ1v) is 12.2. The molecule has 1 aromatic heterocycles. The highest BCUT2D eigenvalue weighted by molar-refractivity contribution is 7.89. The molecule has 12 heteroatoms. The quantitative estimate of drug-likeness (QED) is 0.566. The summed E-state index contributed by atoms with van der Waals surface area (Å²) in [6.45, 7) is 0.455. The van der Waals surface area contributed by atoms with E-state index < -0.39 is 27.6 Å². The maximum atomic E-state index is 13.4. The molecule has 168 valence electrons. The van der Waals surface area contributed by atoms with Crippen molar-refractivity contribution in [1.82, 2.24) is 14.5 Å². The molecule has 1 saturated heterocycles. The van der Waals surface area contributed by atoms with Gasteiger partial charge in [-0.05, 0) is 49.2 Å². The number of aromatic nitrogens is 2. The van der Waals surface area contributed by atoms with Crippen LogP contribution in [0.4, 0.5) is 14.5 Å². The van der Waals surface area contributed by atoms with Gasteiger partial charge in [-0.15, -0.1) is 10.2 Å². The fourth-order valence-electron chi connectivity index (χ4n) is 3.39. The van der Waals surface area contributed by atoms with Gasteiger partial charge in [0, 0.05) is 24.7 Å². The minimum Gasteiger partial charge on any atom is -0.320 e. The monoisotopic (exact) mass is 498 g/mol. The molecule has 1 unspecified atom stereocenters. The number of piperidine rings is 1. The van der Waals surface area contributed by atoms with Crippen LogP contribution in [0.15, 0.2) is 47.4 Å². The van der Waals surface area contributed by atoms with E-state index in [1.54, 1.807) is 6.07 Å². The smallest absolute Gasteiger partial charge is 0.286 e. The molecule has 1 N–H and O–H groups in total. The number of amides is 1. The average Bonchev–Trinajstić information content (AvgIpc) is 3.26. The third kappa shape index (κ3) is 4.80. The fourth-order valence-corrected chi connectivity index (χ4v) is 6.05. The molecular formula is C20H17ClF2N4O3S2. The largest absolute Gasteiger partial charge is 0.320 e. The Morgan fingerprint density at radius 3 is 2.75 bits per heavy atom. The molecule has 0 bridgehead atoms.